The first-order valence-electron chi connectivity index (χ1n) is 9.62. The second-order valence-electron chi connectivity index (χ2n) is 7.10. The van der Waals surface area contributed by atoms with Gasteiger partial charge in [0.1, 0.15) is 6.04 Å². The minimum Gasteiger partial charge on any atom is -0.348 e. The molecule has 1 amide bonds. The van der Waals surface area contributed by atoms with Crippen LogP contribution in [-0.2, 0) is 21.2 Å². The molecule has 2 atom stereocenters. The average Bonchev–Trinajstić information content (AvgIpc) is 2.74. The van der Waals surface area contributed by atoms with Crippen LogP contribution in [0.5, 0.6) is 0 Å². The first-order chi connectivity index (χ1) is 14.7. The second kappa shape index (κ2) is 10.4. The van der Waals surface area contributed by atoms with Gasteiger partial charge in [-0.15, -0.1) is 0 Å². The number of hydrogen-bond acceptors (Lipinski definition) is 3. The van der Waals surface area contributed by atoms with E-state index in [1.807, 2.05) is 61.5 Å². The van der Waals surface area contributed by atoms with E-state index < -0.39 is 22.0 Å². The van der Waals surface area contributed by atoms with Crippen molar-refractivity contribution in [2.24, 2.45) is 0 Å². The summed E-state index contributed by atoms with van der Waals surface area (Å²) in [5, 5.41) is 3.35. The Kier molecular flexibility index (Phi) is 7.89. The largest absolute Gasteiger partial charge is 0.348 e. The van der Waals surface area contributed by atoms with Crippen molar-refractivity contribution in [2.75, 3.05) is 0 Å². The quantitative estimate of drug-likeness (QED) is 0.444. The van der Waals surface area contributed by atoms with Crippen LogP contribution in [0.2, 0.25) is 5.02 Å². The summed E-state index contributed by atoms with van der Waals surface area (Å²) in [7, 11) is -3.93. The molecule has 0 saturated carbocycles. The zero-order valence-electron chi connectivity index (χ0n) is 16.8. The normalized spacial score (nSPS) is 13.4. The molecule has 0 aliphatic carbocycles. The number of nitrogens with one attached hydrogen (secondary N) is 2. The molecule has 3 aromatic carbocycles. The highest BCUT2D eigenvalue weighted by atomic mass is 79.9. The van der Waals surface area contributed by atoms with E-state index >= 15 is 0 Å². The van der Waals surface area contributed by atoms with Crippen LogP contribution in [0.4, 0.5) is 0 Å². The highest BCUT2D eigenvalue weighted by molar-refractivity contribution is 9.10. The van der Waals surface area contributed by atoms with Gasteiger partial charge in [0.25, 0.3) is 0 Å². The lowest BCUT2D eigenvalue weighted by Gasteiger charge is -2.22. The third kappa shape index (κ3) is 6.64. The summed E-state index contributed by atoms with van der Waals surface area (Å²) in [5.41, 5.74) is 1.75. The van der Waals surface area contributed by atoms with Crippen LogP contribution in [0.15, 0.2) is 88.2 Å². The van der Waals surface area contributed by atoms with Gasteiger partial charge in [0, 0.05) is 9.50 Å². The summed E-state index contributed by atoms with van der Waals surface area (Å²) in [5.74, 6) is -0.408. The van der Waals surface area contributed by atoms with Gasteiger partial charge in [-0.3, -0.25) is 4.79 Å². The van der Waals surface area contributed by atoms with E-state index in [-0.39, 0.29) is 17.4 Å². The van der Waals surface area contributed by atoms with E-state index in [9.17, 15) is 13.2 Å². The lowest BCUT2D eigenvalue weighted by molar-refractivity contribution is -0.123. The molecule has 0 spiro atoms. The van der Waals surface area contributed by atoms with Gasteiger partial charge >= 0.3 is 0 Å². The second-order valence-corrected chi connectivity index (χ2v) is 10.2. The first kappa shape index (κ1) is 23.5. The third-order valence-electron chi connectivity index (χ3n) is 4.73. The number of sulfonamides is 1. The van der Waals surface area contributed by atoms with E-state index in [2.05, 4.69) is 26.0 Å². The Morgan fingerprint density at radius 2 is 1.68 bits per heavy atom. The summed E-state index contributed by atoms with van der Waals surface area (Å²) in [6.07, 6.45) is 0.213. The van der Waals surface area contributed by atoms with E-state index in [0.717, 1.165) is 15.6 Å². The number of carbonyl (C=O) groups excluding carboxylic acids is 1. The Hall–Kier alpha value is -2.19. The maximum absolute atomic E-state index is 13.1. The molecule has 0 aliphatic heterocycles. The van der Waals surface area contributed by atoms with Crippen LogP contribution < -0.4 is 10.0 Å². The van der Waals surface area contributed by atoms with Crippen molar-refractivity contribution in [1.82, 2.24) is 10.0 Å². The number of hydrogen-bond donors (Lipinski definition) is 2. The molecule has 2 N–H and O–H groups in total. The molecule has 0 radical (unpaired) electrons. The van der Waals surface area contributed by atoms with Crippen LogP contribution in [0.25, 0.3) is 0 Å². The summed E-state index contributed by atoms with van der Waals surface area (Å²) >= 11 is 9.30. The predicted octanol–water partition coefficient (Wildman–Crippen LogP) is 4.87. The SMILES string of the molecule is C[C@@H](NC(=O)[C@@H](Cc1ccccc1)NS(=O)(=O)c1ccc(Cl)cc1)c1cccc(Br)c1. The van der Waals surface area contributed by atoms with E-state index in [0.29, 0.717) is 5.02 Å². The van der Waals surface area contributed by atoms with Crippen molar-refractivity contribution in [3.05, 3.63) is 99.5 Å². The van der Waals surface area contributed by atoms with E-state index in [4.69, 9.17) is 11.6 Å². The van der Waals surface area contributed by atoms with Crippen molar-refractivity contribution < 1.29 is 13.2 Å². The third-order valence-corrected chi connectivity index (χ3v) is 6.96. The van der Waals surface area contributed by atoms with Crippen LogP contribution in [0.3, 0.4) is 0 Å². The lowest BCUT2D eigenvalue weighted by atomic mass is 10.0. The molecule has 0 unspecified atom stereocenters. The number of halogens is 2. The molecule has 31 heavy (non-hydrogen) atoms. The van der Waals surface area contributed by atoms with Crippen LogP contribution in [-0.4, -0.2) is 20.4 Å². The summed E-state index contributed by atoms with van der Waals surface area (Å²) < 4.78 is 29.3. The Balaban J connectivity index is 1.83. The highest BCUT2D eigenvalue weighted by Gasteiger charge is 2.27. The standard InChI is InChI=1S/C23H22BrClN2O3S/c1-16(18-8-5-9-19(24)15-18)26-23(28)22(14-17-6-3-2-4-7-17)27-31(29,30)21-12-10-20(25)11-13-21/h2-13,15-16,22,27H,14H2,1H3,(H,26,28)/t16-,22-/m1/s1. The molecule has 8 heteroatoms. The molecular weight excluding hydrogens is 500 g/mol. The maximum Gasteiger partial charge on any atom is 0.241 e. The molecule has 3 aromatic rings. The van der Waals surface area contributed by atoms with Crippen molar-refractivity contribution in [3.63, 3.8) is 0 Å². The minimum atomic E-state index is -3.93. The molecular formula is C23H22BrClN2O3S. The fourth-order valence-corrected chi connectivity index (χ4v) is 4.82. The molecule has 0 aromatic heterocycles. The number of amides is 1. The van der Waals surface area contributed by atoms with Gasteiger partial charge in [-0.05, 0) is 60.9 Å². The van der Waals surface area contributed by atoms with Gasteiger partial charge in [-0.25, -0.2) is 8.42 Å². The fraction of sp³-hybridized carbons (Fsp3) is 0.174. The van der Waals surface area contributed by atoms with Crippen LogP contribution in [0, 0.1) is 0 Å². The molecule has 0 bridgehead atoms. The molecule has 3 rings (SSSR count). The van der Waals surface area contributed by atoms with Crippen molar-refractivity contribution in [2.45, 2.75) is 30.3 Å². The molecule has 0 saturated heterocycles. The summed E-state index contributed by atoms with van der Waals surface area (Å²) in [6, 6.07) is 21.4. The van der Waals surface area contributed by atoms with Gasteiger partial charge in [0.05, 0.1) is 10.9 Å². The molecule has 5 nitrogen and oxygen atoms in total. The predicted molar refractivity (Wildman–Crippen MR) is 126 cm³/mol. The maximum atomic E-state index is 13.1. The van der Waals surface area contributed by atoms with Gasteiger partial charge in [0.15, 0.2) is 0 Å². The Labute approximate surface area is 196 Å². The zero-order chi connectivity index (χ0) is 22.4. The van der Waals surface area contributed by atoms with E-state index in [1.54, 1.807) is 0 Å². The highest BCUT2D eigenvalue weighted by Crippen LogP contribution is 2.19. The average molecular weight is 522 g/mol. The lowest BCUT2D eigenvalue weighted by Crippen LogP contribution is -2.48. The smallest absolute Gasteiger partial charge is 0.241 e. The first-order valence-corrected chi connectivity index (χ1v) is 12.3. The molecule has 162 valence electrons. The van der Waals surface area contributed by atoms with Gasteiger partial charge in [-0.1, -0.05) is 70.0 Å². The number of benzene rings is 3. The molecule has 0 aliphatic rings. The van der Waals surface area contributed by atoms with Gasteiger partial charge in [0.2, 0.25) is 15.9 Å². The Morgan fingerprint density at radius 1 is 1.00 bits per heavy atom. The molecule has 0 heterocycles. The molecule has 0 fully saturated rings. The zero-order valence-corrected chi connectivity index (χ0v) is 19.9. The monoisotopic (exact) mass is 520 g/mol. The summed E-state index contributed by atoms with van der Waals surface area (Å²) in [4.78, 5) is 13.2. The minimum absolute atomic E-state index is 0.0443. The fourth-order valence-electron chi connectivity index (χ4n) is 3.08. The Bertz CT molecular complexity index is 1140. The van der Waals surface area contributed by atoms with Crippen molar-refractivity contribution >= 4 is 43.5 Å². The van der Waals surface area contributed by atoms with Gasteiger partial charge < -0.3 is 5.32 Å². The van der Waals surface area contributed by atoms with E-state index in [1.165, 1.54) is 24.3 Å². The van der Waals surface area contributed by atoms with Crippen molar-refractivity contribution in [1.29, 1.82) is 0 Å². The van der Waals surface area contributed by atoms with Crippen LogP contribution in [0.1, 0.15) is 24.1 Å². The van der Waals surface area contributed by atoms with Crippen LogP contribution >= 0.6 is 27.5 Å². The topological polar surface area (TPSA) is 75.3 Å². The van der Waals surface area contributed by atoms with Gasteiger partial charge in [-0.2, -0.15) is 4.72 Å². The number of carbonyl (C=O) groups is 1. The van der Waals surface area contributed by atoms with Crippen molar-refractivity contribution in [3.8, 4) is 0 Å². The Morgan fingerprint density at radius 3 is 2.32 bits per heavy atom. The summed E-state index contributed by atoms with van der Waals surface area (Å²) in [6.45, 7) is 1.85. The number of rotatable bonds is 8.